The SMILES string of the molecule is CC(=O)N(CCN(C)C)c1nc2cc(C)cc(C)c2s1. The summed E-state index contributed by atoms with van der Waals surface area (Å²) in [6.07, 6.45) is 0. The van der Waals surface area contributed by atoms with E-state index in [9.17, 15) is 4.79 Å². The average Bonchev–Trinajstić information content (AvgIpc) is 2.72. The van der Waals surface area contributed by atoms with Crippen molar-refractivity contribution in [3.8, 4) is 0 Å². The second-order valence-electron chi connectivity index (χ2n) is 5.40. The summed E-state index contributed by atoms with van der Waals surface area (Å²) in [6.45, 7) is 7.25. The van der Waals surface area contributed by atoms with Gasteiger partial charge in [0.15, 0.2) is 5.13 Å². The van der Waals surface area contributed by atoms with Crippen LogP contribution in [0.15, 0.2) is 12.1 Å². The Balaban J connectivity index is 2.38. The molecule has 0 saturated carbocycles. The Labute approximate surface area is 124 Å². The van der Waals surface area contributed by atoms with Crippen LogP contribution in [0.25, 0.3) is 10.2 Å². The van der Waals surface area contributed by atoms with E-state index in [0.717, 1.165) is 17.2 Å². The first-order valence-corrected chi connectivity index (χ1v) is 7.50. The quantitative estimate of drug-likeness (QED) is 0.869. The number of amides is 1. The van der Waals surface area contributed by atoms with Gasteiger partial charge in [-0.25, -0.2) is 4.98 Å². The zero-order chi connectivity index (χ0) is 14.9. The zero-order valence-electron chi connectivity index (χ0n) is 12.7. The third-order valence-corrected chi connectivity index (χ3v) is 4.42. The van der Waals surface area contributed by atoms with Gasteiger partial charge in [-0.15, -0.1) is 0 Å². The first-order chi connectivity index (χ1) is 9.38. The maximum Gasteiger partial charge on any atom is 0.225 e. The molecule has 0 N–H and O–H groups in total. The minimum atomic E-state index is 0.0419. The summed E-state index contributed by atoms with van der Waals surface area (Å²) in [5.74, 6) is 0.0419. The largest absolute Gasteiger partial charge is 0.308 e. The Bertz CT molecular complexity index is 633. The fourth-order valence-electron chi connectivity index (χ4n) is 2.17. The second kappa shape index (κ2) is 5.89. The highest BCUT2D eigenvalue weighted by Gasteiger charge is 2.17. The first-order valence-electron chi connectivity index (χ1n) is 6.69. The summed E-state index contributed by atoms with van der Waals surface area (Å²) >= 11 is 1.60. The minimum Gasteiger partial charge on any atom is -0.308 e. The van der Waals surface area contributed by atoms with Crippen LogP contribution in [0.3, 0.4) is 0 Å². The monoisotopic (exact) mass is 291 g/mol. The van der Waals surface area contributed by atoms with E-state index >= 15 is 0 Å². The molecule has 1 amide bonds. The van der Waals surface area contributed by atoms with Crippen molar-refractivity contribution < 1.29 is 4.79 Å². The highest BCUT2D eigenvalue weighted by molar-refractivity contribution is 7.22. The number of aryl methyl sites for hydroxylation is 2. The lowest BCUT2D eigenvalue weighted by molar-refractivity contribution is -0.116. The average molecular weight is 291 g/mol. The van der Waals surface area contributed by atoms with E-state index in [1.807, 2.05) is 14.1 Å². The molecule has 4 nitrogen and oxygen atoms in total. The Hall–Kier alpha value is -1.46. The van der Waals surface area contributed by atoms with Crippen molar-refractivity contribution in [3.63, 3.8) is 0 Å². The molecule has 0 fully saturated rings. The van der Waals surface area contributed by atoms with Crippen LogP contribution in [0.4, 0.5) is 5.13 Å². The van der Waals surface area contributed by atoms with Gasteiger partial charge >= 0.3 is 0 Å². The predicted octanol–water partition coefficient (Wildman–Crippen LogP) is 2.83. The number of anilines is 1. The molecular formula is C15H21N3OS. The molecule has 0 radical (unpaired) electrons. The maximum atomic E-state index is 11.9. The summed E-state index contributed by atoms with van der Waals surface area (Å²) < 4.78 is 1.17. The number of rotatable bonds is 4. The Morgan fingerprint density at radius 1 is 1.25 bits per heavy atom. The van der Waals surface area contributed by atoms with Gasteiger partial charge in [0.1, 0.15) is 0 Å². The fraction of sp³-hybridized carbons (Fsp3) is 0.467. The lowest BCUT2D eigenvalue weighted by atomic mass is 10.1. The molecule has 0 spiro atoms. The number of aromatic nitrogens is 1. The first kappa shape index (κ1) is 14.9. The van der Waals surface area contributed by atoms with Crippen LogP contribution in [0, 0.1) is 13.8 Å². The Morgan fingerprint density at radius 3 is 2.55 bits per heavy atom. The smallest absolute Gasteiger partial charge is 0.225 e. The summed E-state index contributed by atoms with van der Waals surface area (Å²) in [5, 5.41) is 0.794. The van der Waals surface area contributed by atoms with E-state index in [0.29, 0.717) is 6.54 Å². The van der Waals surface area contributed by atoms with E-state index in [4.69, 9.17) is 0 Å². The maximum absolute atomic E-state index is 11.9. The second-order valence-corrected chi connectivity index (χ2v) is 6.38. The molecule has 2 rings (SSSR count). The molecule has 0 aliphatic rings. The third-order valence-electron chi connectivity index (χ3n) is 3.19. The predicted molar refractivity (Wildman–Crippen MR) is 85.7 cm³/mol. The molecule has 1 aromatic carbocycles. The van der Waals surface area contributed by atoms with E-state index in [2.05, 4.69) is 35.9 Å². The topological polar surface area (TPSA) is 36.4 Å². The van der Waals surface area contributed by atoms with Crippen molar-refractivity contribution in [3.05, 3.63) is 23.3 Å². The molecule has 0 saturated heterocycles. The summed E-state index contributed by atoms with van der Waals surface area (Å²) in [4.78, 5) is 20.3. The van der Waals surface area contributed by atoms with Crippen LogP contribution in [-0.4, -0.2) is 43.0 Å². The van der Waals surface area contributed by atoms with Crippen molar-refractivity contribution in [1.29, 1.82) is 0 Å². The van der Waals surface area contributed by atoms with Crippen molar-refractivity contribution in [1.82, 2.24) is 9.88 Å². The molecule has 108 valence electrons. The number of nitrogens with zero attached hydrogens (tertiary/aromatic N) is 3. The number of likely N-dealkylation sites (N-methyl/N-ethyl adjacent to an activating group) is 1. The van der Waals surface area contributed by atoms with Crippen LogP contribution >= 0.6 is 11.3 Å². The van der Waals surface area contributed by atoms with E-state index in [1.165, 1.54) is 15.8 Å². The normalized spacial score (nSPS) is 11.3. The lowest BCUT2D eigenvalue weighted by Crippen LogP contribution is -2.35. The summed E-state index contributed by atoms with van der Waals surface area (Å²) in [7, 11) is 4.01. The zero-order valence-corrected chi connectivity index (χ0v) is 13.5. The van der Waals surface area contributed by atoms with E-state index in [-0.39, 0.29) is 5.91 Å². The minimum absolute atomic E-state index is 0.0419. The van der Waals surface area contributed by atoms with Gasteiger partial charge in [-0.3, -0.25) is 9.69 Å². The number of fused-ring (bicyclic) bond motifs is 1. The van der Waals surface area contributed by atoms with Crippen LogP contribution in [0.5, 0.6) is 0 Å². The standard InChI is InChI=1S/C15H21N3OS/c1-10-8-11(2)14-13(9-10)16-15(20-14)18(12(3)19)7-6-17(4)5/h8-9H,6-7H2,1-5H3. The molecule has 0 aliphatic heterocycles. The van der Waals surface area contributed by atoms with Crippen molar-refractivity contribution in [2.45, 2.75) is 20.8 Å². The molecule has 0 unspecified atom stereocenters. The Morgan fingerprint density at radius 2 is 1.95 bits per heavy atom. The summed E-state index contributed by atoms with van der Waals surface area (Å²) in [6, 6.07) is 4.23. The molecule has 1 aromatic heterocycles. The number of carbonyl (C=O) groups is 1. The van der Waals surface area contributed by atoms with Crippen LogP contribution < -0.4 is 4.90 Å². The number of hydrogen-bond acceptors (Lipinski definition) is 4. The molecular weight excluding hydrogens is 270 g/mol. The van der Waals surface area contributed by atoms with Gasteiger partial charge in [0, 0.05) is 20.0 Å². The van der Waals surface area contributed by atoms with Crippen LogP contribution in [-0.2, 0) is 4.79 Å². The molecule has 1 heterocycles. The van der Waals surface area contributed by atoms with Gasteiger partial charge in [0.25, 0.3) is 0 Å². The number of benzene rings is 1. The van der Waals surface area contributed by atoms with Crippen LogP contribution in [0.2, 0.25) is 0 Å². The van der Waals surface area contributed by atoms with Gasteiger partial charge in [-0.1, -0.05) is 17.4 Å². The van der Waals surface area contributed by atoms with Crippen molar-refractivity contribution in [2.24, 2.45) is 0 Å². The van der Waals surface area contributed by atoms with Crippen molar-refractivity contribution in [2.75, 3.05) is 32.1 Å². The van der Waals surface area contributed by atoms with Crippen LogP contribution in [0.1, 0.15) is 18.1 Å². The van der Waals surface area contributed by atoms with Gasteiger partial charge in [-0.05, 0) is 45.1 Å². The van der Waals surface area contributed by atoms with E-state index in [1.54, 1.807) is 23.2 Å². The van der Waals surface area contributed by atoms with Crippen molar-refractivity contribution >= 4 is 32.6 Å². The number of hydrogen-bond donors (Lipinski definition) is 0. The summed E-state index contributed by atoms with van der Waals surface area (Å²) in [5.41, 5.74) is 3.41. The Kier molecular flexibility index (Phi) is 4.40. The number of thiazole rings is 1. The molecule has 2 aromatic rings. The third kappa shape index (κ3) is 3.16. The fourth-order valence-corrected chi connectivity index (χ4v) is 3.25. The lowest BCUT2D eigenvalue weighted by Gasteiger charge is -2.20. The highest BCUT2D eigenvalue weighted by atomic mass is 32.1. The van der Waals surface area contributed by atoms with Gasteiger partial charge in [0.2, 0.25) is 5.91 Å². The van der Waals surface area contributed by atoms with E-state index < -0.39 is 0 Å². The number of carbonyl (C=O) groups excluding carboxylic acids is 1. The van der Waals surface area contributed by atoms with Gasteiger partial charge < -0.3 is 4.90 Å². The van der Waals surface area contributed by atoms with Gasteiger partial charge in [-0.2, -0.15) is 0 Å². The molecule has 0 bridgehead atoms. The molecule has 20 heavy (non-hydrogen) atoms. The van der Waals surface area contributed by atoms with Gasteiger partial charge in [0.05, 0.1) is 10.2 Å². The highest BCUT2D eigenvalue weighted by Crippen LogP contribution is 2.32. The molecule has 0 atom stereocenters. The molecule has 0 aliphatic carbocycles. The molecule has 5 heteroatoms.